The van der Waals surface area contributed by atoms with E-state index in [2.05, 4.69) is 15.3 Å². The van der Waals surface area contributed by atoms with Crippen LogP contribution in [-0.2, 0) is 15.7 Å². The molecule has 0 radical (unpaired) electrons. The quantitative estimate of drug-likeness (QED) is 0.164. The van der Waals surface area contributed by atoms with Gasteiger partial charge in [-0.2, -0.15) is 27.5 Å². The molecule has 4 aromatic rings. The van der Waals surface area contributed by atoms with Gasteiger partial charge in [-0.3, -0.25) is 10.2 Å². The average Bonchev–Trinajstić information content (AvgIpc) is 3.49. The fraction of sp³-hybridized carbons (Fsp3) is 0.500. The first-order valence-electron chi connectivity index (χ1n) is 16.9. The summed E-state index contributed by atoms with van der Waals surface area (Å²) in [7, 11) is 0. The van der Waals surface area contributed by atoms with Crippen molar-refractivity contribution in [1.82, 2.24) is 14.9 Å². The summed E-state index contributed by atoms with van der Waals surface area (Å²) in [5.41, 5.74) is -4.85. The van der Waals surface area contributed by atoms with Gasteiger partial charge >= 0.3 is 24.4 Å². The third-order valence-corrected chi connectivity index (χ3v) is 9.70. The molecule has 2 aromatic carbocycles. The van der Waals surface area contributed by atoms with Gasteiger partial charge in [-0.15, -0.1) is 11.3 Å². The Hall–Kier alpha value is -4.34. The Morgan fingerprint density at radius 3 is 2.08 bits per heavy atom. The van der Waals surface area contributed by atoms with E-state index in [0.717, 1.165) is 23.5 Å². The van der Waals surface area contributed by atoms with Crippen LogP contribution in [0.4, 0.5) is 46.8 Å². The van der Waals surface area contributed by atoms with Gasteiger partial charge in [0.15, 0.2) is 5.82 Å². The number of hydrogen-bond acceptors (Lipinski definition) is 8. The van der Waals surface area contributed by atoms with E-state index in [1.807, 2.05) is 13.8 Å². The van der Waals surface area contributed by atoms with E-state index < -0.39 is 76.0 Å². The SMILES string of the molecule is CC.Cc1c(NC(=O)OC(C)(C)C)sc2c(F)ccc(-c3c(C(F)(F)F)cc4c(N5CC6CCC(C5)N6C(=O)OC(C)(C)C)nc(F)nc4c3F)c12. The normalized spacial score (nSPS) is 17.7. The van der Waals surface area contributed by atoms with Crippen LogP contribution >= 0.6 is 11.3 Å². The number of aryl methyl sites for hydroxylation is 1. The summed E-state index contributed by atoms with van der Waals surface area (Å²) in [6, 6.07) is 1.79. The summed E-state index contributed by atoms with van der Waals surface area (Å²) in [6.45, 7) is 15.7. The number of benzene rings is 2. The zero-order valence-electron chi connectivity index (χ0n) is 30.3. The van der Waals surface area contributed by atoms with E-state index in [0.29, 0.717) is 18.9 Å². The van der Waals surface area contributed by atoms with Crippen LogP contribution in [0.2, 0.25) is 0 Å². The minimum absolute atomic E-state index is 0.0746. The molecule has 9 nitrogen and oxygen atoms in total. The van der Waals surface area contributed by atoms with Crippen molar-refractivity contribution in [2.24, 2.45) is 0 Å². The Morgan fingerprint density at radius 1 is 0.923 bits per heavy atom. The number of anilines is 2. The number of carbonyl (C=O) groups excluding carboxylic acids is 2. The van der Waals surface area contributed by atoms with Gasteiger partial charge in [-0.25, -0.2) is 18.4 Å². The molecule has 2 fully saturated rings. The molecule has 4 heterocycles. The lowest BCUT2D eigenvalue weighted by molar-refractivity contribution is -0.137. The smallest absolute Gasteiger partial charge is 0.417 e. The number of piperazine rings is 1. The van der Waals surface area contributed by atoms with Crippen LogP contribution in [-0.4, -0.2) is 63.4 Å². The maximum atomic E-state index is 16.7. The van der Waals surface area contributed by atoms with Crippen LogP contribution in [0.1, 0.15) is 79.4 Å². The second-order valence-corrected chi connectivity index (χ2v) is 15.5. The molecule has 2 unspecified atom stereocenters. The van der Waals surface area contributed by atoms with Gasteiger partial charge in [0.05, 0.1) is 22.3 Å². The fourth-order valence-corrected chi connectivity index (χ4v) is 7.77. The summed E-state index contributed by atoms with van der Waals surface area (Å²) in [5.74, 6) is -2.53. The van der Waals surface area contributed by atoms with Gasteiger partial charge in [-0.05, 0) is 84.6 Å². The van der Waals surface area contributed by atoms with Crippen LogP contribution in [0.15, 0.2) is 18.2 Å². The average molecular weight is 754 g/mol. The molecule has 52 heavy (non-hydrogen) atoms. The summed E-state index contributed by atoms with van der Waals surface area (Å²) >= 11 is 0.752. The number of nitrogens with zero attached hydrogens (tertiary/aromatic N) is 4. The Labute approximate surface area is 301 Å². The van der Waals surface area contributed by atoms with Crippen molar-refractivity contribution >= 4 is 55.3 Å². The molecule has 282 valence electrons. The van der Waals surface area contributed by atoms with Crippen molar-refractivity contribution in [2.45, 2.75) is 105 Å². The molecule has 1 N–H and O–H groups in total. The highest BCUT2D eigenvalue weighted by Gasteiger charge is 2.46. The Balaban J connectivity index is 0.00000257. The van der Waals surface area contributed by atoms with E-state index in [1.165, 1.54) is 6.92 Å². The molecule has 0 spiro atoms. The van der Waals surface area contributed by atoms with Crippen molar-refractivity contribution in [2.75, 3.05) is 23.3 Å². The fourth-order valence-electron chi connectivity index (χ4n) is 6.65. The first-order valence-corrected chi connectivity index (χ1v) is 17.7. The number of carbonyl (C=O) groups is 2. The van der Waals surface area contributed by atoms with Gasteiger partial charge in [0, 0.05) is 29.4 Å². The highest BCUT2D eigenvalue weighted by molar-refractivity contribution is 7.23. The van der Waals surface area contributed by atoms with Crippen LogP contribution in [0, 0.1) is 24.6 Å². The predicted molar refractivity (Wildman–Crippen MR) is 188 cm³/mol. The molecule has 2 atom stereocenters. The number of halogens is 6. The summed E-state index contributed by atoms with van der Waals surface area (Å²) < 4.78 is 102. The monoisotopic (exact) mass is 753 g/mol. The number of hydrogen-bond donors (Lipinski definition) is 1. The number of aromatic nitrogens is 2. The molecule has 0 saturated carbocycles. The molecule has 0 aliphatic carbocycles. The lowest BCUT2D eigenvalue weighted by atomic mass is 9.92. The minimum atomic E-state index is -5.13. The minimum Gasteiger partial charge on any atom is -0.444 e. The maximum Gasteiger partial charge on any atom is 0.417 e. The molecular weight excluding hydrogens is 712 g/mol. The molecular formula is C36H41F6N5O4S. The number of rotatable bonds is 3. The largest absolute Gasteiger partial charge is 0.444 e. The van der Waals surface area contributed by atoms with Gasteiger partial charge in [0.2, 0.25) is 0 Å². The van der Waals surface area contributed by atoms with Gasteiger partial charge in [0.1, 0.15) is 33.4 Å². The molecule has 16 heteroatoms. The van der Waals surface area contributed by atoms with Crippen molar-refractivity contribution in [1.29, 1.82) is 0 Å². The predicted octanol–water partition coefficient (Wildman–Crippen LogP) is 10.2. The number of ether oxygens (including phenoxy) is 2. The van der Waals surface area contributed by atoms with Gasteiger partial charge in [-0.1, -0.05) is 19.9 Å². The molecule has 2 aliphatic rings. The number of alkyl halides is 3. The highest BCUT2D eigenvalue weighted by atomic mass is 32.1. The van der Waals surface area contributed by atoms with E-state index in [4.69, 9.17) is 9.47 Å². The lowest BCUT2D eigenvalue weighted by Gasteiger charge is -2.42. The first-order chi connectivity index (χ1) is 24.1. The third kappa shape index (κ3) is 7.57. The van der Waals surface area contributed by atoms with Gasteiger partial charge < -0.3 is 14.4 Å². The standard InChI is InChI=1S/C34H35F6N5O4S.C2H6/c1-15-22-18(10-11-21(35)26(22)50-28(15)43-30(46)48-32(2,3)4)23-20(34(38,39)40)12-19-25(24(23)36)41-29(37)42-27(19)44-13-16-8-9-17(14-44)45(16)31(47)49-33(5,6)7;1-2/h10-12,16-17H,8-9,13-14H2,1-7H3,(H,43,46);1-2H3. The zero-order chi connectivity index (χ0) is 38.7. The van der Waals surface area contributed by atoms with Crippen molar-refractivity contribution in [3.63, 3.8) is 0 Å². The van der Waals surface area contributed by atoms with Crippen LogP contribution in [0.5, 0.6) is 0 Å². The van der Waals surface area contributed by atoms with E-state index in [9.17, 15) is 22.8 Å². The highest BCUT2D eigenvalue weighted by Crippen LogP contribution is 2.48. The van der Waals surface area contributed by atoms with Crippen molar-refractivity contribution < 1.29 is 45.4 Å². The molecule has 2 amide bonds. The number of fused-ring (bicyclic) bond motifs is 4. The summed E-state index contributed by atoms with van der Waals surface area (Å²) in [5, 5.41) is 2.14. The van der Waals surface area contributed by atoms with E-state index in [-0.39, 0.29) is 50.5 Å². The molecule has 6 rings (SSSR count). The number of amides is 2. The van der Waals surface area contributed by atoms with Crippen molar-refractivity contribution in [3.05, 3.63) is 47.0 Å². The van der Waals surface area contributed by atoms with Crippen molar-refractivity contribution in [3.8, 4) is 11.1 Å². The third-order valence-electron chi connectivity index (χ3n) is 8.49. The number of nitrogens with one attached hydrogen (secondary N) is 1. The molecule has 2 aromatic heterocycles. The van der Waals surface area contributed by atoms with Crippen LogP contribution in [0.3, 0.4) is 0 Å². The zero-order valence-corrected chi connectivity index (χ0v) is 31.1. The lowest BCUT2D eigenvalue weighted by Crippen LogP contribution is -2.57. The van der Waals surface area contributed by atoms with Gasteiger partial charge in [0.25, 0.3) is 0 Å². The second-order valence-electron chi connectivity index (χ2n) is 14.5. The van der Waals surface area contributed by atoms with E-state index >= 15 is 13.2 Å². The topological polar surface area (TPSA) is 96.9 Å². The number of thiophene rings is 1. The first kappa shape index (κ1) is 38.9. The summed E-state index contributed by atoms with van der Waals surface area (Å²) in [4.78, 5) is 36.1. The Kier molecular flexibility index (Phi) is 10.4. The summed E-state index contributed by atoms with van der Waals surface area (Å²) in [6.07, 6.45) is -6.75. The van der Waals surface area contributed by atoms with Crippen LogP contribution < -0.4 is 10.2 Å². The Bertz CT molecular complexity index is 2020. The van der Waals surface area contributed by atoms with Crippen LogP contribution in [0.25, 0.3) is 32.1 Å². The second kappa shape index (κ2) is 13.9. The molecule has 2 bridgehead atoms. The molecule has 2 aliphatic heterocycles. The Morgan fingerprint density at radius 2 is 1.52 bits per heavy atom. The molecule has 2 saturated heterocycles. The van der Waals surface area contributed by atoms with E-state index in [1.54, 1.807) is 51.3 Å². The maximum absolute atomic E-state index is 16.7.